The molecular weight excluding hydrogens is 235 g/mol. The van der Waals surface area contributed by atoms with Gasteiger partial charge in [-0.2, -0.15) is 0 Å². The van der Waals surface area contributed by atoms with Crippen molar-refractivity contribution in [3.05, 3.63) is 0 Å². The van der Waals surface area contributed by atoms with Crippen molar-refractivity contribution in [1.82, 2.24) is 0 Å². The van der Waals surface area contributed by atoms with Gasteiger partial charge in [0.05, 0.1) is 0 Å². The average molecular weight is 270 g/mol. The van der Waals surface area contributed by atoms with Gasteiger partial charge in [0.1, 0.15) is 0 Å². The van der Waals surface area contributed by atoms with Crippen LogP contribution in [0.25, 0.3) is 0 Å². The molecule has 0 amide bonds. The highest BCUT2D eigenvalue weighted by Crippen LogP contribution is 2.27. The maximum absolute atomic E-state index is 3.07. The third-order valence-electron chi connectivity index (χ3n) is 4.74. The zero-order valence-electron chi connectivity index (χ0n) is 12.8. The van der Waals surface area contributed by atoms with E-state index in [1.165, 1.54) is 77.0 Å². The molecule has 0 aliphatic heterocycles. The zero-order chi connectivity index (χ0) is 13.2. The van der Waals surface area contributed by atoms with E-state index < -0.39 is 0 Å². The summed E-state index contributed by atoms with van der Waals surface area (Å²) in [5, 5.41) is 0. The van der Waals surface area contributed by atoms with Crippen LogP contribution in [-0.4, -0.2) is 5.66 Å². The van der Waals surface area contributed by atoms with E-state index in [9.17, 15) is 0 Å². The quantitative estimate of drug-likeness (QED) is 0.498. The fraction of sp³-hybridized carbons (Fsp3) is 1.00. The molecule has 1 heteroatoms. The Bertz CT molecular complexity index is 172. The molecule has 0 nitrogen and oxygen atoms in total. The van der Waals surface area contributed by atoms with Crippen molar-refractivity contribution in [2.24, 2.45) is 11.8 Å². The summed E-state index contributed by atoms with van der Waals surface area (Å²) in [4.78, 5) is 0. The summed E-state index contributed by atoms with van der Waals surface area (Å²) >= 11 is 0. The van der Waals surface area contributed by atoms with Crippen molar-refractivity contribution in [2.45, 2.75) is 96.6 Å². The van der Waals surface area contributed by atoms with Gasteiger partial charge in [-0.1, -0.05) is 78.1 Å². The molecule has 1 aliphatic rings. The smallest absolute Gasteiger partial charge is 0.0264 e. The molecule has 0 radical (unpaired) electrons. The van der Waals surface area contributed by atoms with E-state index in [1.54, 1.807) is 0 Å². The fourth-order valence-corrected chi connectivity index (χ4v) is 3.76. The van der Waals surface area contributed by atoms with E-state index >= 15 is 0 Å². The second-order valence-electron chi connectivity index (χ2n) is 6.75. The second kappa shape index (κ2) is 10.2. The normalized spacial score (nSPS) is 30.0. The van der Waals surface area contributed by atoms with E-state index in [1.807, 2.05) is 0 Å². The number of hydrogen-bond donors (Lipinski definition) is 0. The van der Waals surface area contributed by atoms with Gasteiger partial charge in [-0.05, 0) is 30.3 Å². The van der Waals surface area contributed by atoms with Gasteiger partial charge in [-0.3, -0.25) is 0 Å². The first-order chi connectivity index (χ1) is 8.70. The lowest BCUT2D eigenvalue weighted by molar-refractivity contribution is 0.311. The van der Waals surface area contributed by atoms with Crippen LogP contribution in [0.2, 0.25) is 0 Å². The fourth-order valence-electron chi connectivity index (χ4n) is 3.29. The highest BCUT2D eigenvalue weighted by molar-refractivity contribution is 7.17. The van der Waals surface area contributed by atoms with Crippen molar-refractivity contribution in [3.8, 4) is 0 Å². The van der Waals surface area contributed by atoms with E-state index in [0.29, 0.717) is 0 Å². The third kappa shape index (κ3) is 7.78. The first-order valence-corrected chi connectivity index (χ1v) is 9.12. The molecule has 0 N–H and O–H groups in total. The topological polar surface area (TPSA) is 0 Å². The summed E-state index contributed by atoms with van der Waals surface area (Å²) in [5.74, 6) is 1.90. The van der Waals surface area contributed by atoms with Crippen molar-refractivity contribution < 1.29 is 0 Å². The maximum Gasteiger partial charge on any atom is -0.0264 e. The molecule has 18 heavy (non-hydrogen) atoms. The van der Waals surface area contributed by atoms with E-state index in [2.05, 4.69) is 23.1 Å². The van der Waals surface area contributed by atoms with Crippen LogP contribution in [0.5, 0.6) is 0 Å². The van der Waals surface area contributed by atoms with Crippen LogP contribution in [0.15, 0.2) is 0 Å². The van der Waals surface area contributed by atoms with E-state index in [0.717, 1.165) is 17.5 Å². The predicted molar refractivity (Wildman–Crippen MR) is 87.2 cm³/mol. The molecule has 1 rings (SSSR count). The van der Waals surface area contributed by atoms with Crippen LogP contribution >= 0.6 is 9.24 Å². The largest absolute Gasteiger partial charge is 0.134 e. The Balaban J connectivity index is 2.29. The number of rotatable bonds is 1. The van der Waals surface area contributed by atoms with E-state index in [-0.39, 0.29) is 0 Å². The number of hydrogen-bond acceptors (Lipinski definition) is 0. The van der Waals surface area contributed by atoms with Gasteiger partial charge in [-0.15, -0.1) is 9.24 Å². The van der Waals surface area contributed by atoms with Gasteiger partial charge in [0.15, 0.2) is 0 Å². The molecule has 0 aromatic heterocycles. The Kier molecular flexibility index (Phi) is 9.38. The molecule has 1 atom stereocenters. The molecule has 0 aromatic carbocycles. The molecule has 1 unspecified atom stereocenters. The van der Waals surface area contributed by atoms with Crippen molar-refractivity contribution in [2.75, 3.05) is 0 Å². The predicted octanol–water partition coefficient (Wildman–Crippen LogP) is 6.20. The molecule has 0 spiro atoms. The molecule has 0 bridgehead atoms. The molecule has 1 fully saturated rings. The third-order valence-corrected chi connectivity index (χ3v) is 5.41. The van der Waals surface area contributed by atoms with Crippen LogP contribution in [-0.2, 0) is 0 Å². The van der Waals surface area contributed by atoms with Crippen molar-refractivity contribution in [1.29, 1.82) is 0 Å². The highest BCUT2D eigenvalue weighted by Gasteiger charge is 2.13. The lowest BCUT2D eigenvalue weighted by Gasteiger charge is -2.21. The summed E-state index contributed by atoms with van der Waals surface area (Å²) in [5.41, 5.74) is 0.899. The summed E-state index contributed by atoms with van der Waals surface area (Å²) < 4.78 is 0. The lowest BCUT2D eigenvalue weighted by Crippen LogP contribution is -2.09. The molecule has 0 heterocycles. The van der Waals surface area contributed by atoms with Crippen molar-refractivity contribution >= 4 is 9.24 Å². The Labute approximate surface area is 118 Å². The van der Waals surface area contributed by atoms with Crippen LogP contribution in [0, 0.1) is 11.8 Å². The molecule has 1 saturated carbocycles. The minimum absolute atomic E-state index is 0.898. The first kappa shape index (κ1) is 16.5. The summed E-state index contributed by atoms with van der Waals surface area (Å²) in [6.07, 6.45) is 17.6. The molecule has 0 saturated heterocycles. The first-order valence-electron chi connectivity index (χ1n) is 8.45. The second-order valence-corrected chi connectivity index (χ2v) is 7.69. The van der Waals surface area contributed by atoms with Crippen molar-refractivity contribution in [3.63, 3.8) is 0 Å². The SMILES string of the molecule is CC(C)C1CCCCCCC(P)CCCCCC1. The minimum Gasteiger partial charge on any atom is -0.134 e. The zero-order valence-corrected chi connectivity index (χ0v) is 13.9. The van der Waals surface area contributed by atoms with Gasteiger partial charge in [0.25, 0.3) is 0 Å². The van der Waals surface area contributed by atoms with Gasteiger partial charge < -0.3 is 0 Å². The van der Waals surface area contributed by atoms with Gasteiger partial charge in [0, 0.05) is 0 Å². The Hall–Kier alpha value is 0.430. The average Bonchev–Trinajstić information content (AvgIpc) is 2.34. The Morgan fingerprint density at radius 1 is 0.667 bits per heavy atom. The monoisotopic (exact) mass is 270 g/mol. The molecular formula is C17H35P. The van der Waals surface area contributed by atoms with Gasteiger partial charge >= 0.3 is 0 Å². The Morgan fingerprint density at radius 3 is 1.44 bits per heavy atom. The summed E-state index contributed by atoms with van der Waals surface area (Å²) in [6, 6.07) is 0. The van der Waals surface area contributed by atoms with Crippen LogP contribution in [0.4, 0.5) is 0 Å². The van der Waals surface area contributed by atoms with Gasteiger partial charge in [0.2, 0.25) is 0 Å². The molecule has 0 aromatic rings. The van der Waals surface area contributed by atoms with Crippen LogP contribution in [0.1, 0.15) is 90.9 Å². The highest BCUT2D eigenvalue weighted by atomic mass is 31.0. The standard InChI is InChI=1S/C17H35P/c1-15(2)16-11-7-3-5-9-13-17(18)14-10-6-4-8-12-16/h15-17H,3-14,18H2,1-2H3. The molecule has 108 valence electrons. The van der Waals surface area contributed by atoms with Gasteiger partial charge in [-0.25, -0.2) is 0 Å². The Morgan fingerprint density at radius 2 is 1.06 bits per heavy atom. The van der Waals surface area contributed by atoms with Crippen LogP contribution in [0.3, 0.4) is 0 Å². The minimum atomic E-state index is 0.898. The maximum atomic E-state index is 3.07. The lowest BCUT2D eigenvalue weighted by atomic mass is 9.85. The van der Waals surface area contributed by atoms with E-state index in [4.69, 9.17) is 0 Å². The molecule has 1 aliphatic carbocycles. The summed E-state index contributed by atoms with van der Waals surface area (Å²) in [6.45, 7) is 4.85. The summed E-state index contributed by atoms with van der Waals surface area (Å²) in [7, 11) is 3.07. The van der Waals surface area contributed by atoms with Crippen LogP contribution < -0.4 is 0 Å².